The van der Waals surface area contributed by atoms with Crippen molar-refractivity contribution in [2.24, 2.45) is 0 Å². The Labute approximate surface area is 190 Å². The second-order valence-electron chi connectivity index (χ2n) is 8.14. The van der Waals surface area contributed by atoms with Gasteiger partial charge in [0.2, 0.25) is 0 Å². The lowest BCUT2D eigenvalue weighted by atomic mass is 9.71. The number of hydrogen-bond donors (Lipinski definition) is 1. The Morgan fingerprint density at radius 1 is 1.12 bits per heavy atom. The Bertz CT molecular complexity index is 1180. The molecule has 33 heavy (non-hydrogen) atoms. The summed E-state index contributed by atoms with van der Waals surface area (Å²) < 4.78 is 18.6. The van der Waals surface area contributed by atoms with Gasteiger partial charge in [-0.05, 0) is 49.4 Å². The zero-order chi connectivity index (χ0) is 23.7. The van der Waals surface area contributed by atoms with Crippen LogP contribution in [0.25, 0.3) is 0 Å². The predicted octanol–water partition coefficient (Wildman–Crippen LogP) is 4.66. The van der Waals surface area contributed by atoms with Crippen molar-refractivity contribution < 1.29 is 23.6 Å². The van der Waals surface area contributed by atoms with E-state index in [9.17, 15) is 24.1 Å². The molecule has 2 aliphatic rings. The summed E-state index contributed by atoms with van der Waals surface area (Å²) >= 11 is 0. The quantitative estimate of drug-likeness (QED) is 0.404. The fourth-order valence-corrected chi connectivity index (χ4v) is 4.61. The SMILES string of the molecule is CCOC(=O)C1=C(C)NC2=C(C(=O)C[C@H](c3ccc(F)cc3)C2)[C@H]1c1ccc([N+](=O)[O-])cc1. The number of hydrogen-bond acceptors (Lipinski definition) is 6. The molecule has 0 amide bonds. The first-order valence-corrected chi connectivity index (χ1v) is 10.7. The molecule has 1 N–H and O–H groups in total. The Hall–Kier alpha value is -3.81. The van der Waals surface area contributed by atoms with Gasteiger partial charge in [-0.3, -0.25) is 14.9 Å². The monoisotopic (exact) mass is 450 g/mol. The molecular formula is C25H23FN2O5. The molecule has 1 heterocycles. The summed E-state index contributed by atoms with van der Waals surface area (Å²) in [6, 6.07) is 12.0. The molecule has 0 radical (unpaired) electrons. The molecule has 8 heteroatoms. The van der Waals surface area contributed by atoms with Gasteiger partial charge in [-0.1, -0.05) is 24.3 Å². The maximum atomic E-state index is 13.4. The van der Waals surface area contributed by atoms with E-state index in [0.717, 1.165) is 5.56 Å². The highest BCUT2D eigenvalue weighted by molar-refractivity contribution is 6.04. The summed E-state index contributed by atoms with van der Waals surface area (Å²) in [4.78, 5) is 36.9. The van der Waals surface area contributed by atoms with Crippen LogP contribution in [0.3, 0.4) is 0 Å². The van der Waals surface area contributed by atoms with Crippen molar-refractivity contribution >= 4 is 17.4 Å². The van der Waals surface area contributed by atoms with Crippen molar-refractivity contribution in [3.8, 4) is 0 Å². The Morgan fingerprint density at radius 2 is 1.76 bits per heavy atom. The minimum absolute atomic E-state index is 0.0772. The predicted molar refractivity (Wildman–Crippen MR) is 119 cm³/mol. The molecule has 0 spiro atoms. The topological polar surface area (TPSA) is 98.5 Å². The van der Waals surface area contributed by atoms with Crippen molar-refractivity contribution in [1.82, 2.24) is 5.32 Å². The first-order chi connectivity index (χ1) is 15.8. The molecule has 1 aliphatic carbocycles. The fourth-order valence-electron chi connectivity index (χ4n) is 4.61. The number of nitro benzene ring substituents is 1. The summed E-state index contributed by atoms with van der Waals surface area (Å²) in [5.41, 5.74) is 3.45. The number of rotatable bonds is 5. The maximum absolute atomic E-state index is 13.4. The lowest BCUT2D eigenvalue weighted by molar-refractivity contribution is -0.384. The number of carbonyl (C=O) groups is 2. The zero-order valence-corrected chi connectivity index (χ0v) is 18.3. The van der Waals surface area contributed by atoms with Crippen LogP contribution < -0.4 is 5.32 Å². The lowest BCUT2D eigenvalue weighted by Crippen LogP contribution is -2.36. The molecule has 0 bridgehead atoms. The van der Waals surface area contributed by atoms with Crippen molar-refractivity contribution in [1.29, 1.82) is 0 Å². The van der Waals surface area contributed by atoms with E-state index in [1.165, 1.54) is 24.3 Å². The third kappa shape index (κ3) is 4.28. The maximum Gasteiger partial charge on any atom is 0.336 e. The normalized spacial score (nSPS) is 20.3. The number of nitro groups is 1. The van der Waals surface area contributed by atoms with Crippen LogP contribution in [0.4, 0.5) is 10.1 Å². The molecule has 0 saturated heterocycles. The van der Waals surface area contributed by atoms with Gasteiger partial charge in [-0.2, -0.15) is 0 Å². The Morgan fingerprint density at radius 3 is 2.36 bits per heavy atom. The van der Waals surface area contributed by atoms with Crippen molar-refractivity contribution in [3.05, 3.63) is 98.1 Å². The average Bonchev–Trinajstić information content (AvgIpc) is 2.78. The molecule has 1 aliphatic heterocycles. The van der Waals surface area contributed by atoms with E-state index in [-0.39, 0.29) is 36.2 Å². The van der Waals surface area contributed by atoms with Crippen molar-refractivity contribution in [2.45, 2.75) is 38.5 Å². The van der Waals surface area contributed by atoms with Crippen LogP contribution in [0.2, 0.25) is 0 Å². The summed E-state index contributed by atoms with van der Waals surface area (Å²) in [5, 5.41) is 14.3. The molecule has 0 fully saturated rings. The van der Waals surface area contributed by atoms with E-state index in [0.29, 0.717) is 34.5 Å². The summed E-state index contributed by atoms with van der Waals surface area (Å²) in [7, 11) is 0. The fraction of sp³-hybridized carbons (Fsp3) is 0.280. The number of Topliss-reactive ketones (excluding diaryl/α,β-unsaturated/α-hetero) is 1. The smallest absolute Gasteiger partial charge is 0.336 e. The molecule has 170 valence electrons. The molecule has 0 saturated carbocycles. The molecule has 2 aromatic rings. The molecule has 0 unspecified atom stereocenters. The second-order valence-corrected chi connectivity index (χ2v) is 8.14. The first-order valence-electron chi connectivity index (χ1n) is 10.7. The summed E-state index contributed by atoms with van der Waals surface area (Å²) in [6.07, 6.45) is 0.731. The number of non-ortho nitro benzene ring substituents is 1. The van der Waals surface area contributed by atoms with Crippen LogP contribution in [0.5, 0.6) is 0 Å². The van der Waals surface area contributed by atoms with Crippen molar-refractivity contribution in [2.75, 3.05) is 6.61 Å². The van der Waals surface area contributed by atoms with Gasteiger partial charge in [-0.25, -0.2) is 9.18 Å². The van der Waals surface area contributed by atoms with E-state index >= 15 is 0 Å². The van der Waals surface area contributed by atoms with E-state index in [4.69, 9.17) is 4.74 Å². The van der Waals surface area contributed by atoms with Gasteiger partial charge in [-0.15, -0.1) is 0 Å². The summed E-state index contributed by atoms with van der Waals surface area (Å²) in [6.45, 7) is 3.63. The lowest BCUT2D eigenvalue weighted by Gasteiger charge is -2.36. The highest BCUT2D eigenvalue weighted by atomic mass is 19.1. The number of ketones is 1. The van der Waals surface area contributed by atoms with Gasteiger partial charge in [0, 0.05) is 41.4 Å². The Kier molecular flexibility index (Phi) is 6.09. The number of esters is 1. The number of dihydropyridines is 1. The number of nitrogens with one attached hydrogen (secondary N) is 1. The number of carbonyl (C=O) groups excluding carboxylic acids is 2. The highest BCUT2D eigenvalue weighted by Crippen LogP contribution is 2.45. The number of benzene rings is 2. The van der Waals surface area contributed by atoms with Crippen LogP contribution >= 0.6 is 0 Å². The highest BCUT2D eigenvalue weighted by Gasteiger charge is 2.41. The standard InChI is InChI=1S/C25H23FN2O5/c1-3-33-25(30)22-14(2)27-20-12-17(15-4-8-18(26)9-5-15)13-21(29)24(20)23(22)16-6-10-19(11-7-16)28(31)32/h4-11,17,23,27H,3,12-13H2,1-2H3/t17-,23+/m1/s1. The number of ether oxygens (including phenoxy) is 1. The van der Waals surface area contributed by atoms with Crippen molar-refractivity contribution in [3.63, 3.8) is 0 Å². The van der Waals surface area contributed by atoms with Crippen LogP contribution in [0, 0.1) is 15.9 Å². The number of nitrogens with zero attached hydrogens (tertiary/aromatic N) is 1. The van der Waals surface area contributed by atoms with Gasteiger partial charge in [0.05, 0.1) is 17.1 Å². The molecular weight excluding hydrogens is 427 g/mol. The molecule has 2 atom stereocenters. The van der Waals surface area contributed by atoms with Gasteiger partial charge in [0.15, 0.2) is 5.78 Å². The van der Waals surface area contributed by atoms with Gasteiger partial charge in [0.25, 0.3) is 5.69 Å². The van der Waals surface area contributed by atoms with Crippen LogP contribution in [-0.2, 0) is 14.3 Å². The minimum atomic E-state index is -0.692. The number of allylic oxidation sites excluding steroid dienone is 3. The van der Waals surface area contributed by atoms with Crippen LogP contribution in [0.1, 0.15) is 49.7 Å². The second kappa shape index (κ2) is 8.97. The molecule has 2 aromatic carbocycles. The average molecular weight is 450 g/mol. The van der Waals surface area contributed by atoms with Crippen LogP contribution in [0.15, 0.2) is 71.1 Å². The van der Waals surface area contributed by atoms with Crippen LogP contribution in [-0.4, -0.2) is 23.3 Å². The Balaban J connectivity index is 1.79. The van der Waals surface area contributed by atoms with E-state index in [1.54, 1.807) is 38.1 Å². The largest absolute Gasteiger partial charge is 0.463 e. The molecule has 7 nitrogen and oxygen atoms in total. The first kappa shape index (κ1) is 22.4. The van der Waals surface area contributed by atoms with Gasteiger partial charge in [0.1, 0.15) is 5.82 Å². The van der Waals surface area contributed by atoms with E-state index < -0.39 is 16.8 Å². The molecule has 4 rings (SSSR count). The third-order valence-electron chi connectivity index (χ3n) is 6.10. The number of halogens is 1. The van der Waals surface area contributed by atoms with Gasteiger partial charge < -0.3 is 10.1 Å². The molecule has 0 aromatic heterocycles. The summed E-state index contributed by atoms with van der Waals surface area (Å²) in [5.74, 6) is -1.82. The zero-order valence-electron chi connectivity index (χ0n) is 18.3. The van der Waals surface area contributed by atoms with E-state index in [2.05, 4.69) is 5.32 Å². The third-order valence-corrected chi connectivity index (χ3v) is 6.10. The van der Waals surface area contributed by atoms with E-state index in [1.807, 2.05) is 0 Å². The van der Waals surface area contributed by atoms with Gasteiger partial charge >= 0.3 is 5.97 Å². The minimum Gasteiger partial charge on any atom is -0.463 e.